The third kappa shape index (κ3) is 3.94. The highest BCUT2D eigenvalue weighted by Crippen LogP contribution is 2.23. The molecule has 0 aliphatic carbocycles. The van der Waals surface area contributed by atoms with Gasteiger partial charge in [0.15, 0.2) is 5.82 Å². The molecule has 3 heterocycles. The van der Waals surface area contributed by atoms with Gasteiger partial charge in [0.05, 0.1) is 30.0 Å². The summed E-state index contributed by atoms with van der Waals surface area (Å²) in [7, 11) is -3.71. The number of halogens is 1. The molecule has 0 amide bonds. The van der Waals surface area contributed by atoms with Crippen LogP contribution in [0.3, 0.4) is 0 Å². The molecule has 10 heteroatoms. The van der Waals surface area contributed by atoms with E-state index >= 15 is 0 Å². The largest absolute Gasteiger partial charge is 0.378 e. The topological polar surface area (TPSA) is 78.9 Å². The van der Waals surface area contributed by atoms with E-state index in [9.17, 15) is 12.8 Å². The molecule has 1 aromatic carbocycles. The minimum Gasteiger partial charge on any atom is -0.378 e. The standard InChI is InChI=1S/C18H22FN5O3S/c19-15-2-1-3-17(12-15)28(25,26)24-6-4-23(5-7-24)18-13-16(14-20-21-18)22-8-10-27-11-9-22/h1-3,12-14H,4-11H2. The molecule has 0 saturated carbocycles. The minimum absolute atomic E-state index is 0.0185. The van der Waals surface area contributed by atoms with Crippen LogP contribution in [0.5, 0.6) is 0 Å². The first kappa shape index (κ1) is 19.0. The van der Waals surface area contributed by atoms with E-state index in [1.165, 1.54) is 22.5 Å². The Labute approximate surface area is 163 Å². The zero-order chi connectivity index (χ0) is 19.6. The Morgan fingerprint density at radius 1 is 0.964 bits per heavy atom. The van der Waals surface area contributed by atoms with Crippen molar-refractivity contribution in [2.75, 3.05) is 62.3 Å². The van der Waals surface area contributed by atoms with Gasteiger partial charge in [-0.2, -0.15) is 9.40 Å². The second-order valence-corrected chi connectivity index (χ2v) is 8.66. The molecule has 150 valence electrons. The van der Waals surface area contributed by atoms with E-state index in [1.54, 1.807) is 6.20 Å². The van der Waals surface area contributed by atoms with Gasteiger partial charge in [-0.1, -0.05) is 6.07 Å². The summed E-state index contributed by atoms with van der Waals surface area (Å²) >= 11 is 0. The van der Waals surface area contributed by atoms with Crippen LogP contribution in [0.25, 0.3) is 0 Å². The van der Waals surface area contributed by atoms with Crippen molar-refractivity contribution in [2.24, 2.45) is 0 Å². The lowest BCUT2D eigenvalue weighted by Crippen LogP contribution is -2.49. The first-order chi connectivity index (χ1) is 13.5. The Hall–Kier alpha value is -2.30. The van der Waals surface area contributed by atoms with Crippen molar-refractivity contribution in [2.45, 2.75) is 4.90 Å². The molecule has 0 radical (unpaired) electrons. The van der Waals surface area contributed by atoms with Crippen molar-refractivity contribution in [3.8, 4) is 0 Å². The molecule has 0 atom stereocenters. The molecular formula is C18H22FN5O3S. The normalized spacial score (nSPS) is 19.0. The molecule has 0 N–H and O–H groups in total. The van der Waals surface area contributed by atoms with Gasteiger partial charge >= 0.3 is 0 Å². The van der Waals surface area contributed by atoms with Crippen LogP contribution in [0.2, 0.25) is 0 Å². The van der Waals surface area contributed by atoms with Gasteiger partial charge in [0.1, 0.15) is 5.82 Å². The zero-order valence-electron chi connectivity index (χ0n) is 15.4. The summed E-state index contributed by atoms with van der Waals surface area (Å²) in [4.78, 5) is 4.20. The summed E-state index contributed by atoms with van der Waals surface area (Å²) in [5.41, 5.74) is 0.989. The Kier molecular flexibility index (Phi) is 5.42. The fourth-order valence-corrected chi connectivity index (χ4v) is 4.88. The lowest BCUT2D eigenvalue weighted by molar-refractivity contribution is 0.122. The summed E-state index contributed by atoms with van der Waals surface area (Å²) in [5, 5.41) is 8.33. The van der Waals surface area contributed by atoms with Crippen molar-refractivity contribution in [3.63, 3.8) is 0 Å². The van der Waals surface area contributed by atoms with Crippen LogP contribution in [0, 0.1) is 5.82 Å². The highest BCUT2D eigenvalue weighted by atomic mass is 32.2. The average Bonchev–Trinajstić information content (AvgIpc) is 2.74. The molecule has 0 bridgehead atoms. The number of piperazine rings is 1. The quantitative estimate of drug-likeness (QED) is 0.747. The number of ether oxygens (including phenoxy) is 1. The first-order valence-corrected chi connectivity index (χ1v) is 10.6. The molecule has 4 rings (SSSR count). The SMILES string of the molecule is O=S(=O)(c1cccc(F)c1)N1CCN(c2cc(N3CCOCC3)cnn2)CC1. The summed E-state index contributed by atoms with van der Waals surface area (Å²) in [6.07, 6.45) is 1.74. The third-order valence-corrected chi connectivity index (χ3v) is 6.89. The monoisotopic (exact) mass is 407 g/mol. The average molecular weight is 407 g/mol. The van der Waals surface area contributed by atoms with Crippen LogP contribution < -0.4 is 9.80 Å². The minimum atomic E-state index is -3.71. The van der Waals surface area contributed by atoms with E-state index in [-0.39, 0.29) is 4.90 Å². The molecule has 2 aliphatic rings. The first-order valence-electron chi connectivity index (χ1n) is 9.20. The van der Waals surface area contributed by atoms with Crippen LogP contribution in [0.15, 0.2) is 41.4 Å². The number of hydrogen-bond acceptors (Lipinski definition) is 7. The van der Waals surface area contributed by atoms with Crippen LogP contribution in [0.1, 0.15) is 0 Å². The molecule has 2 saturated heterocycles. The smallest absolute Gasteiger partial charge is 0.243 e. The fraction of sp³-hybridized carbons (Fsp3) is 0.444. The van der Waals surface area contributed by atoms with Gasteiger partial charge in [0.25, 0.3) is 0 Å². The Bertz CT molecular complexity index is 928. The number of hydrogen-bond donors (Lipinski definition) is 0. The number of aromatic nitrogens is 2. The number of benzene rings is 1. The number of nitrogens with zero attached hydrogens (tertiary/aromatic N) is 5. The molecular weight excluding hydrogens is 385 g/mol. The van der Waals surface area contributed by atoms with Gasteiger partial charge in [-0.15, -0.1) is 5.10 Å². The van der Waals surface area contributed by atoms with Gasteiger partial charge < -0.3 is 14.5 Å². The predicted octanol–water partition coefficient (Wildman–Crippen LogP) is 0.963. The Morgan fingerprint density at radius 2 is 1.71 bits per heavy atom. The maximum Gasteiger partial charge on any atom is 0.243 e. The van der Waals surface area contributed by atoms with E-state index < -0.39 is 15.8 Å². The van der Waals surface area contributed by atoms with Crippen molar-refractivity contribution in [1.29, 1.82) is 0 Å². The van der Waals surface area contributed by atoms with E-state index in [4.69, 9.17) is 4.74 Å². The molecule has 0 spiro atoms. The highest BCUT2D eigenvalue weighted by Gasteiger charge is 2.29. The number of morpholine rings is 1. The Morgan fingerprint density at radius 3 is 2.43 bits per heavy atom. The molecule has 2 fully saturated rings. The van der Waals surface area contributed by atoms with Crippen molar-refractivity contribution >= 4 is 21.5 Å². The number of sulfonamides is 1. The summed E-state index contributed by atoms with van der Waals surface area (Å²) in [6, 6.07) is 7.10. The van der Waals surface area contributed by atoms with Crippen LogP contribution in [-0.2, 0) is 14.8 Å². The lowest BCUT2D eigenvalue weighted by atomic mass is 10.3. The molecule has 2 aliphatic heterocycles. The van der Waals surface area contributed by atoms with Crippen molar-refractivity contribution in [3.05, 3.63) is 42.3 Å². The summed E-state index contributed by atoms with van der Waals surface area (Å²) < 4.78 is 45.7. The van der Waals surface area contributed by atoms with Gasteiger partial charge in [0.2, 0.25) is 10.0 Å². The fourth-order valence-electron chi connectivity index (χ4n) is 3.43. The molecule has 28 heavy (non-hydrogen) atoms. The lowest BCUT2D eigenvalue weighted by Gasteiger charge is -2.35. The summed E-state index contributed by atoms with van der Waals surface area (Å²) in [6.45, 7) is 4.61. The van der Waals surface area contributed by atoms with Gasteiger partial charge in [-0.05, 0) is 18.2 Å². The van der Waals surface area contributed by atoms with Crippen molar-refractivity contribution < 1.29 is 17.5 Å². The number of anilines is 2. The van der Waals surface area contributed by atoms with Gasteiger partial charge in [0, 0.05) is 45.3 Å². The highest BCUT2D eigenvalue weighted by molar-refractivity contribution is 7.89. The molecule has 1 aromatic heterocycles. The van der Waals surface area contributed by atoms with E-state index in [1.807, 2.05) is 11.0 Å². The molecule has 2 aromatic rings. The van der Waals surface area contributed by atoms with Crippen LogP contribution in [0.4, 0.5) is 15.9 Å². The van der Waals surface area contributed by atoms with Crippen LogP contribution >= 0.6 is 0 Å². The maximum absolute atomic E-state index is 13.4. The predicted molar refractivity (Wildman–Crippen MR) is 102 cm³/mol. The third-order valence-electron chi connectivity index (χ3n) is 5.00. The van der Waals surface area contributed by atoms with Crippen molar-refractivity contribution in [1.82, 2.24) is 14.5 Å². The van der Waals surface area contributed by atoms with E-state index in [0.717, 1.165) is 30.7 Å². The van der Waals surface area contributed by atoms with Gasteiger partial charge in [-0.25, -0.2) is 12.8 Å². The molecule has 0 unspecified atom stereocenters. The van der Waals surface area contributed by atoms with Crippen LogP contribution in [-0.4, -0.2) is 75.4 Å². The van der Waals surface area contributed by atoms with E-state index in [0.29, 0.717) is 39.4 Å². The second-order valence-electron chi connectivity index (χ2n) is 6.72. The number of rotatable bonds is 4. The Balaban J connectivity index is 1.44. The maximum atomic E-state index is 13.4. The second kappa shape index (κ2) is 7.98. The zero-order valence-corrected chi connectivity index (χ0v) is 16.2. The van der Waals surface area contributed by atoms with Gasteiger partial charge in [-0.3, -0.25) is 0 Å². The molecule has 8 nitrogen and oxygen atoms in total. The summed E-state index contributed by atoms with van der Waals surface area (Å²) in [5.74, 6) is 0.168. The van der Waals surface area contributed by atoms with E-state index in [2.05, 4.69) is 15.1 Å².